The monoisotopic (exact) mass is 425 g/mol. The van der Waals surface area contributed by atoms with Gasteiger partial charge in [-0.15, -0.1) is 0 Å². The number of nitrogens with one attached hydrogen (secondary N) is 1. The van der Waals surface area contributed by atoms with Gasteiger partial charge in [-0.1, -0.05) is 142 Å². The summed E-state index contributed by atoms with van der Waals surface area (Å²) in [6.07, 6.45) is 32.9. The Kier molecular flexibility index (Phi) is 25.1. The lowest BCUT2D eigenvalue weighted by Gasteiger charge is -2.28. The first-order valence-corrected chi connectivity index (χ1v) is 14.2. The van der Waals surface area contributed by atoms with Crippen LogP contribution < -0.4 is 5.06 Å². The summed E-state index contributed by atoms with van der Waals surface area (Å²) in [5.74, 6) is 0. The van der Waals surface area contributed by atoms with Gasteiger partial charge in [-0.3, -0.25) is 0 Å². The molecule has 0 aromatic rings. The van der Waals surface area contributed by atoms with Gasteiger partial charge < -0.3 is 10.3 Å². The van der Waals surface area contributed by atoms with Crippen molar-refractivity contribution in [2.45, 2.75) is 174 Å². The van der Waals surface area contributed by atoms with E-state index in [1.807, 2.05) is 7.05 Å². The van der Waals surface area contributed by atoms with Crippen LogP contribution in [-0.2, 0) is 0 Å². The van der Waals surface area contributed by atoms with Crippen LogP contribution in [0.25, 0.3) is 0 Å². The molecule has 0 rings (SSSR count). The van der Waals surface area contributed by atoms with Crippen LogP contribution in [0.2, 0.25) is 0 Å². The normalized spacial score (nSPS) is 13.6. The van der Waals surface area contributed by atoms with Crippen LogP contribution >= 0.6 is 0 Å². The maximum absolute atomic E-state index is 12.0. The maximum atomic E-state index is 12.0. The van der Waals surface area contributed by atoms with E-state index in [2.05, 4.69) is 13.8 Å². The number of hydroxylamine groups is 2. The van der Waals surface area contributed by atoms with E-state index >= 15 is 0 Å². The third-order valence-electron chi connectivity index (χ3n) is 6.89. The largest absolute Gasteiger partial charge is 0.634 e. The molecular formula is C28H59NO. The Hall–Kier alpha value is -0.0800. The molecular weight excluding hydrogens is 366 g/mol. The van der Waals surface area contributed by atoms with Crippen molar-refractivity contribution in [2.75, 3.05) is 7.05 Å². The van der Waals surface area contributed by atoms with Gasteiger partial charge in [0.25, 0.3) is 0 Å². The van der Waals surface area contributed by atoms with Crippen LogP contribution in [-0.4, -0.2) is 13.1 Å². The molecule has 182 valence electrons. The average Bonchev–Trinajstić information content (AvgIpc) is 2.74. The Bertz CT molecular complexity index is 305. The number of quaternary nitrogens is 1. The van der Waals surface area contributed by atoms with Crippen LogP contribution in [0, 0.1) is 5.21 Å². The second-order valence-corrected chi connectivity index (χ2v) is 9.96. The molecule has 2 unspecified atom stereocenters. The Morgan fingerprint density at radius 1 is 0.433 bits per heavy atom. The lowest BCUT2D eigenvalue weighted by Crippen LogP contribution is -3.08. The molecule has 0 aliphatic carbocycles. The quantitative estimate of drug-likeness (QED) is 0.115. The molecule has 0 aliphatic rings. The van der Waals surface area contributed by atoms with Crippen molar-refractivity contribution in [3.63, 3.8) is 0 Å². The maximum Gasteiger partial charge on any atom is 0.0869 e. The Morgan fingerprint density at radius 3 is 0.900 bits per heavy atom. The van der Waals surface area contributed by atoms with E-state index in [9.17, 15) is 5.21 Å². The fourth-order valence-corrected chi connectivity index (χ4v) is 4.66. The molecule has 0 aromatic heterocycles. The van der Waals surface area contributed by atoms with Crippen LogP contribution in [0.1, 0.15) is 168 Å². The molecule has 2 atom stereocenters. The second-order valence-electron chi connectivity index (χ2n) is 9.96. The summed E-state index contributed by atoms with van der Waals surface area (Å²) < 4.78 is 0. The van der Waals surface area contributed by atoms with E-state index in [1.165, 1.54) is 141 Å². The van der Waals surface area contributed by atoms with E-state index in [-0.39, 0.29) is 0 Å². The fourth-order valence-electron chi connectivity index (χ4n) is 4.66. The van der Waals surface area contributed by atoms with Crippen molar-refractivity contribution < 1.29 is 5.06 Å². The molecule has 0 fully saturated rings. The fraction of sp³-hybridized carbons (Fsp3) is 1.00. The van der Waals surface area contributed by atoms with Crippen molar-refractivity contribution >= 4 is 0 Å². The zero-order valence-electron chi connectivity index (χ0n) is 21.5. The third kappa shape index (κ3) is 22.6. The summed E-state index contributed by atoms with van der Waals surface area (Å²) >= 11 is 0. The predicted molar refractivity (Wildman–Crippen MR) is 136 cm³/mol. The van der Waals surface area contributed by atoms with Crippen LogP contribution in [0.4, 0.5) is 0 Å². The van der Waals surface area contributed by atoms with Crippen molar-refractivity contribution in [3.8, 4) is 0 Å². The number of unbranched alkanes of at least 4 members (excludes halogenated alkanes) is 20. The van der Waals surface area contributed by atoms with E-state index in [0.29, 0.717) is 11.1 Å². The SMILES string of the molecule is CCCCCCCCCCCCCCCC(CCCCCCCCCCC)[NH+](C)[O-]. The smallest absolute Gasteiger partial charge is 0.0869 e. The highest BCUT2D eigenvalue weighted by Crippen LogP contribution is 2.15. The summed E-state index contributed by atoms with van der Waals surface area (Å²) in [6.45, 7) is 4.57. The molecule has 0 radical (unpaired) electrons. The molecule has 0 amide bonds. The van der Waals surface area contributed by atoms with E-state index in [0.717, 1.165) is 12.8 Å². The molecule has 0 aromatic carbocycles. The highest BCUT2D eigenvalue weighted by atomic mass is 16.5. The van der Waals surface area contributed by atoms with E-state index < -0.39 is 0 Å². The lowest BCUT2D eigenvalue weighted by atomic mass is 9.99. The molecule has 2 heteroatoms. The molecule has 0 heterocycles. The van der Waals surface area contributed by atoms with Gasteiger partial charge >= 0.3 is 0 Å². The van der Waals surface area contributed by atoms with Gasteiger partial charge in [0.05, 0.1) is 13.1 Å². The van der Waals surface area contributed by atoms with Crippen molar-refractivity contribution in [1.82, 2.24) is 0 Å². The van der Waals surface area contributed by atoms with Gasteiger partial charge in [0, 0.05) is 0 Å². The summed E-state index contributed by atoms with van der Waals surface area (Å²) in [5.41, 5.74) is 0. The lowest BCUT2D eigenvalue weighted by molar-refractivity contribution is -0.855. The number of hydrogen-bond acceptors (Lipinski definition) is 1. The standard InChI is InChI=1S/C28H59NO/c1-4-6-8-10-12-14-15-16-17-19-21-23-25-27-28(29(3)30)26-24-22-20-18-13-11-9-7-5-2/h28-29H,4-27H2,1-3H3. The average molecular weight is 426 g/mol. The molecule has 0 bridgehead atoms. The molecule has 2 nitrogen and oxygen atoms in total. The van der Waals surface area contributed by atoms with E-state index in [1.54, 1.807) is 0 Å². The molecule has 1 N–H and O–H groups in total. The van der Waals surface area contributed by atoms with Gasteiger partial charge in [-0.25, -0.2) is 0 Å². The molecule has 0 aliphatic heterocycles. The Labute approximate surface area is 191 Å². The van der Waals surface area contributed by atoms with Crippen molar-refractivity contribution in [1.29, 1.82) is 0 Å². The first kappa shape index (κ1) is 29.9. The first-order valence-electron chi connectivity index (χ1n) is 14.2. The number of rotatable bonds is 25. The van der Waals surface area contributed by atoms with Crippen molar-refractivity contribution in [2.24, 2.45) is 0 Å². The Balaban J connectivity index is 3.41. The minimum atomic E-state index is 0.349. The zero-order chi connectivity index (χ0) is 22.1. The predicted octanol–water partition coefficient (Wildman–Crippen LogP) is 8.77. The zero-order valence-corrected chi connectivity index (χ0v) is 21.5. The highest BCUT2D eigenvalue weighted by Gasteiger charge is 2.11. The third-order valence-corrected chi connectivity index (χ3v) is 6.89. The van der Waals surface area contributed by atoms with Crippen LogP contribution in [0.5, 0.6) is 0 Å². The Morgan fingerprint density at radius 2 is 0.667 bits per heavy atom. The summed E-state index contributed by atoms with van der Waals surface area (Å²) in [7, 11) is 1.82. The molecule has 0 saturated heterocycles. The number of hydrogen-bond donors (Lipinski definition) is 1. The van der Waals surface area contributed by atoms with E-state index in [4.69, 9.17) is 0 Å². The van der Waals surface area contributed by atoms with Crippen LogP contribution in [0.3, 0.4) is 0 Å². The molecule has 0 saturated carbocycles. The van der Waals surface area contributed by atoms with Crippen molar-refractivity contribution in [3.05, 3.63) is 5.21 Å². The highest BCUT2D eigenvalue weighted by molar-refractivity contribution is 4.59. The molecule has 30 heavy (non-hydrogen) atoms. The minimum Gasteiger partial charge on any atom is -0.634 e. The molecule has 0 spiro atoms. The van der Waals surface area contributed by atoms with Crippen LogP contribution in [0.15, 0.2) is 0 Å². The minimum absolute atomic E-state index is 0.349. The topological polar surface area (TPSA) is 27.5 Å². The summed E-state index contributed by atoms with van der Waals surface area (Å²) in [6, 6.07) is 0.349. The summed E-state index contributed by atoms with van der Waals surface area (Å²) in [5, 5.41) is 12.4. The van der Waals surface area contributed by atoms with Gasteiger partial charge in [0.1, 0.15) is 0 Å². The van der Waals surface area contributed by atoms with Gasteiger partial charge in [0.15, 0.2) is 0 Å². The first-order chi connectivity index (χ1) is 14.7. The van der Waals surface area contributed by atoms with Gasteiger partial charge in [-0.05, 0) is 25.7 Å². The second kappa shape index (κ2) is 25.2. The summed E-state index contributed by atoms with van der Waals surface area (Å²) in [4.78, 5) is 0. The van der Waals surface area contributed by atoms with Gasteiger partial charge in [0.2, 0.25) is 0 Å². The van der Waals surface area contributed by atoms with Gasteiger partial charge in [-0.2, -0.15) is 0 Å².